The molecular formula is C13H24N4O4. The number of hydrogen-bond donors (Lipinski definition) is 3. The van der Waals surface area contributed by atoms with Crippen LogP contribution in [-0.2, 0) is 4.79 Å². The second-order valence-corrected chi connectivity index (χ2v) is 5.36. The summed E-state index contributed by atoms with van der Waals surface area (Å²) in [5.74, 6) is -0.512. The first-order valence-electron chi connectivity index (χ1n) is 7.41. The van der Waals surface area contributed by atoms with Gasteiger partial charge in [-0.1, -0.05) is 30.8 Å². The van der Waals surface area contributed by atoms with Gasteiger partial charge in [0.05, 0.1) is 0 Å². The summed E-state index contributed by atoms with van der Waals surface area (Å²) in [6.45, 7) is 1.10. The molecule has 1 saturated heterocycles. The standard InChI is InChI=1S/C13H24N4O4/c14-16-15-7-5-3-1-2-4-6-8-17-9-10(18)11(19)12(20)13(17)21/h10-12,18-20H,1-9H2/t10-,11+,12-/m0/s1. The van der Waals surface area contributed by atoms with Crippen molar-refractivity contribution in [3.8, 4) is 0 Å². The number of amides is 1. The number of unbranched alkanes of at least 4 members (excludes halogenated alkanes) is 5. The van der Waals surface area contributed by atoms with Crippen LogP contribution < -0.4 is 0 Å². The van der Waals surface area contributed by atoms with Gasteiger partial charge in [-0.25, -0.2) is 0 Å². The predicted octanol–water partition coefficient (Wildman–Crippen LogP) is 0.562. The zero-order valence-electron chi connectivity index (χ0n) is 12.1. The summed E-state index contributed by atoms with van der Waals surface area (Å²) in [7, 11) is 0. The molecule has 1 amide bonds. The topological polar surface area (TPSA) is 130 Å². The Morgan fingerprint density at radius 1 is 1.14 bits per heavy atom. The molecule has 1 aliphatic rings. The van der Waals surface area contributed by atoms with Crippen molar-refractivity contribution in [1.29, 1.82) is 0 Å². The first-order chi connectivity index (χ1) is 10.1. The van der Waals surface area contributed by atoms with Gasteiger partial charge in [0, 0.05) is 24.5 Å². The van der Waals surface area contributed by atoms with E-state index < -0.39 is 24.2 Å². The van der Waals surface area contributed by atoms with Crippen LogP contribution >= 0.6 is 0 Å². The molecule has 0 aliphatic carbocycles. The van der Waals surface area contributed by atoms with Gasteiger partial charge < -0.3 is 20.2 Å². The van der Waals surface area contributed by atoms with Crippen LogP contribution in [0.3, 0.4) is 0 Å². The molecule has 21 heavy (non-hydrogen) atoms. The lowest BCUT2D eigenvalue weighted by molar-refractivity contribution is -0.165. The van der Waals surface area contributed by atoms with Gasteiger partial charge in [-0.05, 0) is 18.4 Å². The highest BCUT2D eigenvalue weighted by atomic mass is 16.4. The highest BCUT2D eigenvalue weighted by Crippen LogP contribution is 2.15. The predicted molar refractivity (Wildman–Crippen MR) is 76.3 cm³/mol. The molecule has 0 aromatic heterocycles. The highest BCUT2D eigenvalue weighted by Gasteiger charge is 2.39. The van der Waals surface area contributed by atoms with E-state index in [2.05, 4.69) is 10.0 Å². The molecule has 1 aliphatic heterocycles. The summed E-state index contributed by atoms with van der Waals surface area (Å²) in [6.07, 6.45) is 1.77. The summed E-state index contributed by atoms with van der Waals surface area (Å²) in [5, 5.41) is 31.9. The Kier molecular flexibility index (Phi) is 8.07. The zero-order valence-corrected chi connectivity index (χ0v) is 12.1. The average Bonchev–Trinajstić information content (AvgIpc) is 2.48. The van der Waals surface area contributed by atoms with Crippen molar-refractivity contribution < 1.29 is 20.1 Å². The van der Waals surface area contributed by atoms with Gasteiger partial charge in [0.1, 0.15) is 12.2 Å². The van der Waals surface area contributed by atoms with Crippen LogP contribution in [0.15, 0.2) is 5.11 Å². The number of piperidine rings is 1. The van der Waals surface area contributed by atoms with E-state index in [1.54, 1.807) is 0 Å². The SMILES string of the molecule is [N-]=[N+]=NCCCCCCCCN1C[C@H](O)[C@@H](O)[C@H](O)C1=O. The molecule has 0 unspecified atom stereocenters. The molecule has 1 fully saturated rings. The van der Waals surface area contributed by atoms with E-state index in [0.717, 1.165) is 38.5 Å². The van der Waals surface area contributed by atoms with Gasteiger partial charge in [0.15, 0.2) is 6.10 Å². The number of aliphatic hydroxyl groups is 3. The Morgan fingerprint density at radius 3 is 2.43 bits per heavy atom. The van der Waals surface area contributed by atoms with E-state index in [4.69, 9.17) is 5.53 Å². The van der Waals surface area contributed by atoms with Crippen molar-refractivity contribution in [1.82, 2.24) is 4.90 Å². The van der Waals surface area contributed by atoms with Crippen LogP contribution in [-0.4, -0.2) is 64.1 Å². The molecule has 0 saturated carbocycles. The molecule has 1 rings (SSSR count). The monoisotopic (exact) mass is 300 g/mol. The van der Waals surface area contributed by atoms with Gasteiger partial charge in [0.25, 0.3) is 5.91 Å². The maximum atomic E-state index is 11.7. The smallest absolute Gasteiger partial charge is 0.254 e. The van der Waals surface area contributed by atoms with Crippen LogP contribution in [0.5, 0.6) is 0 Å². The van der Waals surface area contributed by atoms with E-state index in [1.165, 1.54) is 4.90 Å². The van der Waals surface area contributed by atoms with Crippen LogP contribution in [0.25, 0.3) is 10.4 Å². The van der Waals surface area contributed by atoms with E-state index in [9.17, 15) is 20.1 Å². The number of carbonyl (C=O) groups excluding carboxylic acids is 1. The quantitative estimate of drug-likeness (QED) is 0.248. The number of hydrogen-bond acceptors (Lipinski definition) is 5. The van der Waals surface area contributed by atoms with Gasteiger partial charge >= 0.3 is 0 Å². The molecule has 0 radical (unpaired) electrons. The number of likely N-dealkylation sites (tertiary alicyclic amines) is 1. The third kappa shape index (κ3) is 5.89. The van der Waals surface area contributed by atoms with E-state index in [-0.39, 0.29) is 6.54 Å². The fourth-order valence-corrected chi connectivity index (χ4v) is 2.41. The Bertz CT molecular complexity index is 373. The highest BCUT2D eigenvalue weighted by molar-refractivity contribution is 5.82. The summed E-state index contributed by atoms with van der Waals surface area (Å²) < 4.78 is 0. The molecule has 3 N–H and O–H groups in total. The van der Waals surface area contributed by atoms with E-state index in [1.807, 2.05) is 0 Å². The summed E-state index contributed by atoms with van der Waals surface area (Å²) in [6, 6.07) is 0. The van der Waals surface area contributed by atoms with Crippen molar-refractivity contribution in [2.75, 3.05) is 19.6 Å². The van der Waals surface area contributed by atoms with Gasteiger partial charge in [-0.2, -0.15) is 0 Å². The summed E-state index contributed by atoms with van der Waals surface area (Å²) >= 11 is 0. The molecule has 0 bridgehead atoms. The normalized spacial score (nSPS) is 25.8. The Morgan fingerprint density at radius 2 is 1.76 bits per heavy atom. The maximum Gasteiger partial charge on any atom is 0.254 e. The van der Waals surface area contributed by atoms with Gasteiger partial charge in [0.2, 0.25) is 0 Å². The minimum absolute atomic E-state index is 0.0726. The van der Waals surface area contributed by atoms with Crippen LogP contribution in [0.4, 0.5) is 0 Å². The average molecular weight is 300 g/mol. The number of β-amino-alcohol motifs (C(OH)–C–C–N with tert-alkyl or cyclic N) is 1. The molecule has 0 aromatic rings. The first kappa shape index (κ1) is 17.7. The zero-order chi connectivity index (χ0) is 15.7. The molecule has 120 valence electrons. The number of carbonyl (C=O) groups is 1. The first-order valence-corrected chi connectivity index (χ1v) is 7.41. The van der Waals surface area contributed by atoms with Crippen molar-refractivity contribution in [2.45, 2.75) is 56.8 Å². The third-order valence-electron chi connectivity index (χ3n) is 3.69. The van der Waals surface area contributed by atoms with Crippen molar-refractivity contribution in [3.63, 3.8) is 0 Å². The lowest BCUT2D eigenvalue weighted by Gasteiger charge is -2.36. The third-order valence-corrected chi connectivity index (χ3v) is 3.69. The Balaban J connectivity index is 2.09. The molecule has 0 aromatic carbocycles. The number of azide groups is 1. The van der Waals surface area contributed by atoms with E-state index >= 15 is 0 Å². The Labute approximate surface area is 124 Å². The molecule has 8 heteroatoms. The van der Waals surface area contributed by atoms with Crippen molar-refractivity contribution in [2.24, 2.45) is 5.11 Å². The minimum atomic E-state index is -1.52. The lowest BCUT2D eigenvalue weighted by Crippen LogP contribution is -2.58. The van der Waals surface area contributed by atoms with Crippen LogP contribution in [0.2, 0.25) is 0 Å². The second-order valence-electron chi connectivity index (χ2n) is 5.36. The number of rotatable bonds is 9. The number of nitrogens with zero attached hydrogens (tertiary/aromatic N) is 4. The lowest BCUT2D eigenvalue weighted by atomic mass is 10.0. The largest absolute Gasteiger partial charge is 0.388 e. The maximum absolute atomic E-state index is 11.7. The fraction of sp³-hybridized carbons (Fsp3) is 0.923. The van der Waals surface area contributed by atoms with Gasteiger partial charge in [-0.3, -0.25) is 4.79 Å². The molecule has 8 nitrogen and oxygen atoms in total. The van der Waals surface area contributed by atoms with Crippen LogP contribution in [0, 0.1) is 0 Å². The summed E-state index contributed by atoms with van der Waals surface area (Å²) in [5.41, 5.74) is 8.11. The molecule has 1 heterocycles. The van der Waals surface area contributed by atoms with Crippen molar-refractivity contribution in [3.05, 3.63) is 10.4 Å². The van der Waals surface area contributed by atoms with Gasteiger partial charge in [-0.15, -0.1) is 0 Å². The van der Waals surface area contributed by atoms with Crippen molar-refractivity contribution >= 4 is 5.91 Å². The fourth-order valence-electron chi connectivity index (χ4n) is 2.41. The second kappa shape index (κ2) is 9.57. The minimum Gasteiger partial charge on any atom is -0.388 e. The van der Waals surface area contributed by atoms with E-state index in [0.29, 0.717) is 13.1 Å². The molecular weight excluding hydrogens is 276 g/mol. The molecule has 0 spiro atoms. The number of aliphatic hydroxyl groups excluding tert-OH is 3. The van der Waals surface area contributed by atoms with Crippen LogP contribution in [0.1, 0.15) is 38.5 Å². The summed E-state index contributed by atoms with van der Waals surface area (Å²) in [4.78, 5) is 15.8. The Hall–Kier alpha value is -1.34. The molecule has 3 atom stereocenters.